The molecule has 1 aliphatic rings. The van der Waals surface area contributed by atoms with E-state index >= 15 is 0 Å². The third-order valence-electron chi connectivity index (χ3n) is 4.01. The quantitative estimate of drug-likeness (QED) is 0.927. The maximum atomic E-state index is 12.6. The molecular formula is C16H20N4O2S. The molecule has 0 bridgehead atoms. The lowest BCUT2D eigenvalue weighted by Gasteiger charge is -2.31. The summed E-state index contributed by atoms with van der Waals surface area (Å²) in [5.74, 6) is 0.590. The number of hydrogen-bond donors (Lipinski definition) is 1. The average molecular weight is 332 g/mol. The Morgan fingerprint density at radius 1 is 1.09 bits per heavy atom. The fourth-order valence-electron chi connectivity index (χ4n) is 2.66. The Labute approximate surface area is 136 Å². The monoisotopic (exact) mass is 332 g/mol. The van der Waals surface area contributed by atoms with Crippen LogP contribution in [0.5, 0.6) is 0 Å². The molecule has 1 aromatic carbocycles. The number of rotatable bonds is 4. The average Bonchev–Trinajstić information content (AvgIpc) is 2.57. The Bertz CT molecular complexity index is 739. The molecule has 0 saturated carbocycles. The lowest BCUT2D eigenvalue weighted by atomic mass is 10.1. The third kappa shape index (κ3) is 3.68. The highest BCUT2D eigenvalue weighted by molar-refractivity contribution is 7.89. The zero-order valence-corrected chi connectivity index (χ0v) is 13.8. The van der Waals surface area contributed by atoms with Gasteiger partial charge in [0, 0.05) is 31.5 Å². The molecule has 0 amide bonds. The van der Waals surface area contributed by atoms with E-state index in [0.29, 0.717) is 23.9 Å². The summed E-state index contributed by atoms with van der Waals surface area (Å²) >= 11 is 0. The number of nitrogens with zero attached hydrogens (tertiary/aromatic N) is 3. The molecule has 1 aliphatic heterocycles. The Balaban J connectivity index is 1.63. The van der Waals surface area contributed by atoms with Gasteiger partial charge in [0.05, 0.1) is 4.90 Å². The van der Waals surface area contributed by atoms with E-state index in [-0.39, 0.29) is 6.04 Å². The van der Waals surface area contributed by atoms with Crippen LogP contribution in [-0.2, 0) is 10.0 Å². The Hall–Kier alpha value is -1.99. The number of hydrogen-bond acceptors (Lipinski definition) is 5. The van der Waals surface area contributed by atoms with Gasteiger partial charge >= 0.3 is 0 Å². The van der Waals surface area contributed by atoms with Crippen molar-refractivity contribution in [3.05, 3.63) is 48.3 Å². The van der Waals surface area contributed by atoms with Crippen LogP contribution in [0.25, 0.3) is 0 Å². The molecule has 7 heteroatoms. The smallest absolute Gasteiger partial charge is 0.243 e. The Morgan fingerprint density at radius 2 is 1.70 bits per heavy atom. The van der Waals surface area contributed by atoms with Crippen molar-refractivity contribution in [2.24, 2.45) is 0 Å². The highest BCUT2D eigenvalue weighted by atomic mass is 32.2. The van der Waals surface area contributed by atoms with Crippen molar-refractivity contribution in [1.29, 1.82) is 0 Å². The van der Waals surface area contributed by atoms with Crippen LogP contribution in [0.4, 0.5) is 5.95 Å². The Kier molecular flexibility index (Phi) is 4.58. The van der Waals surface area contributed by atoms with E-state index in [9.17, 15) is 8.42 Å². The summed E-state index contributed by atoms with van der Waals surface area (Å²) in [5.41, 5.74) is 1.05. The van der Waals surface area contributed by atoms with Gasteiger partial charge in [0.1, 0.15) is 0 Å². The maximum absolute atomic E-state index is 12.6. The number of aromatic nitrogens is 2. The van der Waals surface area contributed by atoms with Crippen molar-refractivity contribution in [3.63, 3.8) is 0 Å². The second-order valence-corrected chi connectivity index (χ2v) is 7.65. The predicted molar refractivity (Wildman–Crippen MR) is 88.6 cm³/mol. The second-order valence-electron chi connectivity index (χ2n) is 5.71. The molecule has 23 heavy (non-hydrogen) atoms. The SMILES string of the molecule is Cc1ccc(S(=O)(=O)N2CCC(Nc3ncccn3)CC2)cc1. The van der Waals surface area contributed by atoms with Gasteiger partial charge in [0.25, 0.3) is 0 Å². The summed E-state index contributed by atoms with van der Waals surface area (Å²) in [6.45, 7) is 2.95. The minimum atomic E-state index is -3.40. The molecule has 2 heterocycles. The van der Waals surface area contributed by atoms with Crippen LogP contribution >= 0.6 is 0 Å². The van der Waals surface area contributed by atoms with E-state index in [0.717, 1.165) is 18.4 Å². The van der Waals surface area contributed by atoms with Gasteiger partial charge in [0.15, 0.2) is 0 Å². The molecule has 1 aromatic heterocycles. The summed E-state index contributed by atoms with van der Waals surface area (Å²) in [6.07, 6.45) is 4.85. The largest absolute Gasteiger partial charge is 0.351 e. The van der Waals surface area contributed by atoms with Crippen molar-refractivity contribution >= 4 is 16.0 Å². The molecule has 122 valence electrons. The molecule has 1 N–H and O–H groups in total. The van der Waals surface area contributed by atoms with Crippen LogP contribution in [0.2, 0.25) is 0 Å². The minimum Gasteiger partial charge on any atom is -0.351 e. The van der Waals surface area contributed by atoms with Crippen LogP contribution < -0.4 is 5.32 Å². The molecule has 2 aromatic rings. The van der Waals surface area contributed by atoms with E-state index in [2.05, 4.69) is 15.3 Å². The van der Waals surface area contributed by atoms with Crippen molar-refractivity contribution in [2.75, 3.05) is 18.4 Å². The fourth-order valence-corrected chi connectivity index (χ4v) is 4.13. The van der Waals surface area contributed by atoms with E-state index in [1.807, 2.05) is 19.1 Å². The van der Waals surface area contributed by atoms with E-state index in [1.54, 1.807) is 34.9 Å². The van der Waals surface area contributed by atoms with E-state index in [1.165, 1.54) is 0 Å². The van der Waals surface area contributed by atoms with Crippen molar-refractivity contribution < 1.29 is 8.42 Å². The first-order chi connectivity index (χ1) is 11.1. The summed E-state index contributed by atoms with van der Waals surface area (Å²) in [5, 5.41) is 3.26. The predicted octanol–water partition coefficient (Wildman–Crippen LogP) is 2.05. The van der Waals surface area contributed by atoms with Gasteiger partial charge in [-0.2, -0.15) is 4.31 Å². The minimum absolute atomic E-state index is 0.196. The van der Waals surface area contributed by atoms with Crippen LogP contribution in [0.15, 0.2) is 47.6 Å². The summed E-state index contributed by atoms with van der Waals surface area (Å²) in [6, 6.07) is 8.96. The highest BCUT2D eigenvalue weighted by Gasteiger charge is 2.29. The van der Waals surface area contributed by atoms with Gasteiger partial charge in [-0.25, -0.2) is 18.4 Å². The van der Waals surface area contributed by atoms with Crippen LogP contribution in [0.1, 0.15) is 18.4 Å². The molecule has 6 nitrogen and oxygen atoms in total. The second kappa shape index (κ2) is 6.64. The van der Waals surface area contributed by atoms with Crippen LogP contribution in [0, 0.1) is 6.92 Å². The summed E-state index contributed by atoms with van der Waals surface area (Å²) < 4.78 is 26.8. The van der Waals surface area contributed by atoms with Crippen LogP contribution in [-0.4, -0.2) is 41.8 Å². The Morgan fingerprint density at radius 3 is 2.30 bits per heavy atom. The van der Waals surface area contributed by atoms with Crippen molar-refractivity contribution in [3.8, 4) is 0 Å². The lowest BCUT2D eigenvalue weighted by molar-refractivity contribution is 0.329. The molecule has 0 radical (unpaired) electrons. The van der Waals surface area contributed by atoms with Crippen molar-refractivity contribution in [1.82, 2.24) is 14.3 Å². The first-order valence-corrected chi connectivity index (χ1v) is 9.10. The zero-order chi connectivity index (χ0) is 16.3. The third-order valence-corrected chi connectivity index (χ3v) is 5.92. The number of piperidine rings is 1. The van der Waals surface area contributed by atoms with Gasteiger partial charge in [-0.1, -0.05) is 17.7 Å². The summed E-state index contributed by atoms with van der Waals surface area (Å²) in [7, 11) is -3.40. The normalized spacial score (nSPS) is 17.1. The zero-order valence-electron chi connectivity index (χ0n) is 13.0. The molecule has 1 fully saturated rings. The van der Waals surface area contributed by atoms with Gasteiger partial charge in [-0.05, 0) is 38.0 Å². The van der Waals surface area contributed by atoms with Gasteiger partial charge < -0.3 is 5.32 Å². The first-order valence-electron chi connectivity index (χ1n) is 7.66. The van der Waals surface area contributed by atoms with Gasteiger partial charge in [-0.15, -0.1) is 0 Å². The van der Waals surface area contributed by atoms with E-state index < -0.39 is 10.0 Å². The van der Waals surface area contributed by atoms with Crippen LogP contribution in [0.3, 0.4) is 0 Å². The summed E-state index contributed by atoms with van der Waals surface area (Å²) in [4.78, 5) is 8.65. The standard InChI is InChI=1S/C16H20N4O2S/c1-13-3-5-15(6-4-13)23(21,22)20-11-7-14(8-12-20)19-16-17-9-2-10-18-16/h2-6,9-10,14H,7-8,11-12H2,1H3,(H,17,18,19). The maximum Gasteiger partial charge on any atom is 0.243 e. The molecule has 0 atom stereocenters. The molecule has 0 spiro atoms. The molecular weight excluding hydrogens is 312 g/mol. The van der Waals surface area contributed by atoms with E-state index in [4.69, 9.17) is 0 Å². The first kappa shape index (κ1) is 15.9. The van der Waals surface area contributed by atoms with Gasteiger partial charge in [0.2, 0.25) is 16.0 Å². The number of benzene rings is 1. The topological polar surface area (TPSA) is 75.2 Å². The molecule has 0 unspecified atom stereocenters. The van der Waals surface area contributed by atoms with Crippen molar-refractivity contribution in [2.45, 2.75) is 30.7 Å². The number of nitrogens with one attached hydrogen (secondary N) is 1. The fraction of sp³-hybridized carbons (Fsp3) is 0.375. The number of aryl methyl sites for hydroxylation is 1. The number of sulfonamides is 1. The molecule has 1 saturated heterocycles. The molecule has 0 aliphatic carbocycles. The number of anilines is 1. The highest BCUT2D eigenvalue weighted by Crippen LogP contribution is 2.22. The molecule has 3 rings (SSSR count). The van der Waals surface area contributed by atoms with Gasteiger partial charge in [-0.3, -0.25) is 0 Å². The lowest BCUT2D eigenvalue weighted by Crippen LogP contribution is -2.42.